The zero-order valence-electron chi connectivity index (χ0n) is 12.1. The van der Waals surface area contributed by atoms with Gasteiger partial charge in [0.2, 0.25) is 0 Å². The van der Waals surface area contributed by atoms with Crippen LogP contribution in [0.25, 0.3) is 0 Å². The molecule has 2 N–H and O–H groups in total. The number of benzene rings is 2. The van der Waals surface area contributed by atoms with Crippen LogP contribution in [-0.2, 0) is 0 Å². The first-order valence-corrected chi connectivity index (χ1v) is 7.11. The molecule has 0 saturated carbocycles. The SMILES string of the molecule is COc1ccc(NC(=O)N(CCO)c2ccccc2)c(Cl)c1. The van der Waals surface area contributed by atoms with Crippen molar-refractivity contribution in [3.8, 4) is 5.75 Å². The Morgan fingerprint density at radius 1 is 1.27 bits per heavy atom. The lowest BCUT2D eigenvalue weighted by Gasteiger charge is -2.22. The molecule has 0 spiro atoms. The number of urea groups is 1. The van der Waals surface area contributed by atoms with E-state index in [2.05, 4.69) is 5.32 Å². The fraction of sp³-hybridized carbons (Fsp3) is 0.188. The fourth-order valence-electron chi connectivity index (χ4n) is 1.96. The third-order valence-electron chi connectivity index (χ3n) is 3.05. The van der Waals surface area contributed by atoms with Crippen LogP contribution in [0.5, 0.6) is 5.75 Å². The Hall–Kier alpha value is -2.24. The lowest BCUT2D eigenvalue weighted by Crippen LogP contribution is -2.37. The molecule has 0 unspecified atom stereocenters. The molecule has 116 valence electrons. The van der Waals surface area contributed by atoms with E-state index in [1.807, 2.05) is 18.2 Å². The second-order valence-electron chi connectivity index (χ2n) is 4.49. The molecule has 0 saturated heterocycles. The van der Waals surface area contributed by atoms with E-state index in [9.17, 15) is 9.90 Å². The van der Waals surface area contributed by atoms with E-state index in [0.717, 1.165) is 0 Å². The van der Waals surface area contributed by atoms with Crippen LogP contribution >= 0.6 is 11.6 Å². The number of carbonyl (C=O) groups is 1. The number of nitrogens with one attached hydrogen (secondary N) is 1. The number of carbonyl (C=O) groups excluding carboxylic acids is 1. The van der Waals surface area contributed by atoms with Crippen LogP contribution < -0.4 is 15.0 Å². The standard InChI is InChI=1S/C16H17ClN2O3/c1-22-13-7-8-15(14(17)11-13)18-16(21)19(9-10-20)12-5-3-2-4-6-12/h2-8,11,20H,9-10H2,1H3,(H,18,21). The Balaban J connectivity index is 2.18. The van der Waals surface area contributed by atoms with Crippen molar-refractivity contribution in [3.63, 3.8) is 0 Å². The van der Waals surface area contributed by atoms with E-state index in [4.69, 9.17) is 16.3 Å². The number of hydrogen-bond acceptors (Lipinski definition) is 3. The Bertz CT molecular complexity index is 635. The van der Waals surface area contributed by atoms with Crippen molar-refractivity contribution in [2.45, 2.75) is 0 Å². The number of aliphatic hydroxyl groups excluding tert-OH is 1. The Morgan fingerprint density at radius 2 is 2.00 bits per heavy atom. The van der Waals surface area contributed by atoms with Crippen molar-refractivity contribution in [1.82, 2.24) is 0 Å². The first-order valence-electron chi connectivity index (χ1n) is 6.73. The molecule has 2 amide bonds. The molecule has 2 aromatic rings. The summed E-state index contributed by atoms with van der Waals surface area (Å²) < 4.78 is 5.07. The molecule has 0 aromatic heterocycles. The number of methoxy groups -OCH3 is 1. The molecular formula is C16H17ClN2O3. The van der Waals surface area contributed by atoms with Crippen molar-refractivity contribution in [1.29, 1.82) is 0 Å². The summed E-state index contributed by atoms with van der Waals surface area (Å²) in [6.07, 6.45) is 0. The monoisotopic (exact) mass is 320 g/mol. The quantitative estimate of drug-likeness (QED) is 0.887. The van der Waals surface area contributed by atoms with Gasteiger partial charge in [0.05, 0.1) is 31.0 Å². The summed E-state index contributed by atoms with van der Waals surface area (Å²) in [5.74, 6) is 0.610. The number of anilines is 2. The lowest BCUT2D eigenvalue weighted by molar-refractivity contribution is 0.252. The number of amides is 2. The Kier molecular flexibility index (Phi) is 5.63. The molecule has 0 aliphatic carbocycles. The van der Waals surface area contributed by atoms with Crippen molar-refractivity contribution in [3.05, 3.63) is 53.6 Å². The summed E-state index contributed by atoms with van der Waals surface area (Å²) in [4.78, 5) is 13.9. The number of hydrogen-bond donors (Lipinski definition) is 2. The zero-order chi connectivity index (χ0) is 15.9. The first-order chi connectivity index (χ1) is 10.7. The van der Waals surface area contributed by atoms with Gasteiger partial charge in [0.1, 0.15) is 5.75 Å². The van der Waals surface area contributed by atoms with Crippen LogP contribution in [-0.4, -0.2) is 31.4 Å². The van der Waals surface area contributed by atoms with Crippen LogP contribution in [0.4, 0.5) is 16.2 Å². The minimum atomic E-state index is -0.368. The summed E-state index contributed by atoms with van der Waals surface area (Å²) in [6, 6.07) is 13.7. The van der Waals surface area contributed by atoms with Gasteiger partial charge in [0.15, 0.2) is 0 Å². The van der Waals surface area contributed by atoms with Crippen LogP contribution in [0.3, 0.4) is 0 Å². The number of nitrogens with zero attached hydrogens (tertiary/aromatic N) is 1. The molecule has 0 aliphatic heterocycles. The maximum atomic E-state index is 12.4. The van der Waals surface area contributed by atoms with Crippen molar-refractivity contribution in [2.24, 2.45) is 0 Å². The van der Waals surface area contributed by atoms with E-state index in [1.165, 1.54) is 4.90 Å². The molecule has 6 heteroatoms. The van der Waals surface area contributed by atoms with E-state index in [0.29, 0.717) is 22.1 Å². The molecular weight excluding hydrogens is 304 g/mol. The molecule has 0 bridgehead atoms. The minimum Gasteiger partial charge on any atom is -0.497 e. The fourth-order valence-corrected chi connectivity index (χ4v) is 2.18. The molecule has 22 heavy (non-hydrogen) atoms. The predicted octanol–water partition coefficient (Wildman–Crippen LogP) is 3.38. The maximum absolute atomic E-state index is 12.4. The number of para-hydroxylation sites is 1. The van der Waals surface area contributed by atoms with Gasteiger partial charge in [-0.25, -0.2) is 4.79 Å². The zero-order valence-corrected chi connectivity index (χ0v) is 12.9. The minimum absolute atomic E-state index is 0.140. The number of ether oxygens (including phenoxy) is 1. The number of halogens is 1. The van der Waals surface area contributed by atoms with Gasteiger partial charge in [-0.05, 0) is 24.3 Å². The van der Waals surface area contributed by atoms with Gasteiger partial charge in [-0.1, -0.05) is 29.8 Å². The van der Waals surface area contributed by atoms with Gasteiger partial charge in [-0.15, -0.1) is 0 Å². The summed E-state index contributed by atoms with van der Waals surface area (Å²) in [5.41, 5.74) is 1.17. The van der Waals surface area contributed by atoms with Crippen molar-refractivity contribution in [2.75, 3.05) is 30.5 Å². The van der Waals surface area contributed by atoms with Gasteiger partial charge in [-0.2, -0.15) is 0 Å². The highest BCUT2D eigenvalue weighted by Gasteiger charge is 2.16. The lowest BCUT2D eigenvalue weighted by atomic mass is 10.3. The molecule has 0 atom stereocenters. The Morgan fingerprint density at radius 3 is 2.59 bits per heavy atom. The molecule has 2 aromatic carbocycles. The van der Waals surface area contributed by atoms with Crippen LogP contribution in [0.15, 0.2) is 48.5 Å². The smallest absolute Gasteiger partial charge is 0.326 e. The van der Waals surface area contributed by atoms with Crippen molar-refractivity contribution >= 4 is 29.0 Å². The highest BCUT2D eigenvalue weighted by Crippen LogP contribution is 2.27. The normalized spacial score (nSPS) is 10.1. The van der Waals surface area contributed by atoms with Gasteiger partial charge >= 0.3 is 6.03 Å². The van der Waals surface area contributed by atoms with Gasteiger partial charge in [0.25, 0.3) is 0 Å². The highest BCUT2D eigenvalue weighted by molar-refractivity contribution is 6.34. The molecule has 5 nitrogen and oxygen atoms in total. The topological polar surface area (TPSA) is 61.8 Å². The summed E-state index contributed by atoms with van der Waals surface area (Å²) >= 11 is 6.12. The average molecular weight is 321 g/mol. The predicted molar refractivity (Wildman–Crippen MR) is 87.9 cm³/mol. The van der Waals surface area contributed by atoms with Gasteiger partial charge in [-0.3, -0.25) is 4.90 Å². The van der Waals surface area contributed by atoms with Crippen LogP contribution in [0.1, 0.15) is 0 Å². The van der Waals surface area contributed by atoms with Crippen LogP contribution in [0, 0.1) is 0 Å². The highest BCUT2D eigenvalue weighted by atomic mass is 35.5. The third-order valence-corrected chi connectivity index (χ3v) is 3.37. The second kappa shape index (κ2) is 7.68. The van der Waals surface area contributed by atoms with Crippen LogP contribution in [0.2, 0.25) is 5.02 Å². The molecule has 0 heterocycles. The molecule has 0 radical (unpaired) electrons. The van der Waals surface area contributed by atoms with E-state index in [-0.39, 0.29) is 19.2 Å². The summed E-state index contributed by atoms with van der Waals surface area (Å²) in [5, 5.41) is 12.3. The van der Waals surface area contributed by atoms with Gasteiger partial charge in [0, 0.05) is 11.8 Å². The largest absolute Gasteiger partial charge is 0.497 e. The number of rotatable bonds is 5. The van der Waals surface area contributed by atoms with E-state index >= 15 is 0 Å². The molecule has 2 rings (SSSR count). The molecule has 0 fully saturated rings. The average Bonchev–Trinajstić information content (AvgIpc) is 2.55. The van der Waals surface area contributed by atoms with E-state index in [1.54, 1.807) is 37.4 Å². The molecule has 0 aliphatic rings. The van der Waals surface area contributed by atoms with Crippen molar-refractivity contribution < 1.29 is 14.6 Å². The summed E-state index contributed by atoms with van der Waals surface area (Å²) in [7, 11) is 1.54. The second-order valence-corrected chi connectivity index (χ2v) is 4.89. The van der Waals surface area contributed by atoms with E-state index < -0.39 is 0 Å². The summed E-state index contributed by atoms with van der Waals surface area (Å²) in [6.45, 7) is 0.0439. The number of aliphatic hydroxyl groups is 1. The third kappa shape index (κ3) is 3.90. The Labute approximate surface area is 134 Å². The van der Waals surface area contributed by atoms with Gasteiger partial charge < -0.3 is 15.2 Å². The maximum Gasteiger partial charge on any atom is 0.326 e. The first kappa shape index (κ1) is 16.1.